The third kappa shape index (κ3) is 6.88. The lowest BCUT2D eigenvalue weighted by molar-refractivity contribution is -0.127. The molecule has 3 N–H and O–H groups in total. The van der Waals surface area contributed by atoms with E-state index in [4.69, 9.17) is 9.40 Å². The van der Waals surface area contributed by atoms with Gasteiger partial charge in [0.25, 0.3) is 5.89 Å². The van der Waals surface area contributed by atoms with Crippen LogP contribution in [0, 0.1) is 6.92 Å². The Balaban J connectivity index is 1.54. The van der Waals surface area contributed by atoms with Gasteiger partial charge in [-0.15, -0.1) is 5.10 Å². The Hall–Kier alpha value is -2.95. The summed E-state index contributed by atoms with van der Waals surface area (Å²) in [5, 5.41) is 17.9. The highest BCUT2D eigenvalue weighted by Crippen LogP contribution is 2.36. The van der Waals surface area contributed by atoms with Crippen LogP contribution in [0.15, 0.2) is 22.6 Å². The van der Waals surface area contributed by atoms with Crippen LogP contribution in [0.3, 0.4) is 0 Å². The second kappa shape index (κ2) is 9.74. The van der Waals surface area contributed by atoms with E-state index in [9.17, 15) is 17.6 Å². The molecule has 0 amide bonds. The van der Waals surface area contributed by atoms with Crippen LogP contribution in [0.2, 0.25) is 0 Å². The monoisotopic (exact) mass is 522 g/mol. The van der Waals surface area contributed by atoms with E-state index in [1.54, 1.807) is 0 Å². The average Bonchev–Trinajstić information content (AvgIpc) is 3.20. The summed E-state index contributed by atoms with van der Waals surface area (Å²) in [5.41, 5.74) is 2.53. The van der Waals surface area contributed by atoms with Crippen molar-refractivity contribution < 1.29 is 22.0 Å². The van der Waals surface area contributed by atoms with Gasteiger partial charge in [0.15, 0.2) is 0 Å². The molecule has 0 unspecified atom stereocenters. The molecule has 3 aromatic rings. The predicted octanol–water partition coefficient (Wildman–Crippen LogP) is 6.15. The molecule has 1 saturated carbocycles. The van der Waals surface area contributed by atoms with Gasteiger partial charge in [-0.1, -0.05) is 25.9 Å². The van der Waals surface area contributed by atoms with Crippen LogP contribution in [0.4, 0.5) is 29.3 Å². The lowest BCUT2D eigenvalue weighted by Crippen LogP contribution is -2.50. The number of aromatic nitrogens is 3. The number of benzene rings is 1. The van der Waals surface area contributed by atoms with Crippen molar-refractivity contribution in [2.75, 3.05) is 23.7 Å². The van der Waals surface area contributed by atoms with Crippen LogP contribution in [0.25, 0.3) is 22.5 Å². The van der Waals surface area contributed by atoms with Crippen molar-refractivity contribution >= 4 is 22.6 Å². The first-order chi connectivity index (χ1) is 17.1. The number of nitrogens with zero attached hydrogens (tertiary/aromatic N) is 3. The smallest absolute Gasteiger partial charge is 0.401 e. The maximum Gasteiger partial charge on any atom is 0.401 e. The van der Waals surface area contributed by atoms with Gasteiger partial charge < -0.3 is 20.4 Å². The van der Waals surface area contributed by atoms with Crippen LogP contribution < -0.4 is 16.0 Å². The molecule has 37 heavy (non-hydrogen) atoms. The Morgan fingerprint density at radius 1 is 0.946 bits per heavy atom. The lowest BCUT2D eigenvalue weighted by Gasteiger charge is -2.36. The first-order valence-corrected chi connectivity index (χ1v) is 12.4. The summed E-state index contributed by atoms with van der Waals surface area (Å²) in [6.07, 6.45) is -3.15. The van der Waals surface area contributed by atoms with Crippen molar-refractivity contribution in [3.05, 3.63) is 29.3 Å². The van der Waals surface area contributed by atoms with E-state index in [1.807, 2.05) is 25.1 Å². The van der Waals surface area contributed by atoms with E-state index < -0.39 is 18.4 Å². The summed E-state index contributed by atoms with van der Waals surface area (Å²) in [7, 11) is 0. The van der Waals surface area contributed by atoms with E-state index in [0.717, 1.165) is 27.7 Å². The van der Waals surface area contributed by atoms with Gasteiger partial charge >= 0.3 is 12.2 Å². The second-order valence-electron chi connectivity index (χ2n) is 11.5. The first kappa shape index (κ1) is 27.1. The number of aryl methyl sites for hydroxylation is 1. The van der Waals surface area contributed by atoms with Crippen molar-refractivity contribution in [3.63, 3.8) is 0 Å². The highest BCUT2D eigenvalue weighted by atomic mass is 19.4. The number of anilines is 2. The summed E-state index contributed by atoms with van der Waals surface area (Å²) >= 11 is 0. The first-order valence-electron chi connectivity index (χ1n) is 12.4. The number of alkyl halides is 4. The Kier molecular flexibility index (Phi) is 7.13. The van der Waals surface area contributed by atoms with E-state index in [2.05, 4.69) is 46.9 Å². The molecule has 2 heterocycles. The SMILES string of the molecule is Cc1cc(-c2nnc(NC3CC(NCC(F)(F)F)C3)o2)nc2c(C(C)(C)C)cc(NCC(C)(C)F)cc12. The summed E-state index contributed by atoms with van der Waals surface area (Å²) in [6, 6.07) is 5.82. The number of rotatable bonds is 8. The van der Waals surface area contributed by atoms with Gasteiger partial charge in [-0.2, -0.15) is 13.2 Å². The molecular weight excluding hydrogens is 488 g/mol. The largest absolute Gasteiger partial charge is 0.402 e. The minimum atomic E-state index is -4.22. The van der Waals surface area contributed by atoms with Crippen LogP contribution in [-0.2, 0) is 5.41 Å². The lowest BCUT2D eigenvalue weighted by atomic mass is 9.84. The van der Waals surface area contributed by atoms with E-state index in [-0.39, 0.29) is 35.9 Å². The molecule has 4 rings (SSSR count). The highest BCUT2D eigenvalue weighted by Gasteiger charge is 2.34. The van der Waals surface area contributed by atoms with Crippen molar-refractivity contribution in [3.8, 4) is 11.6 Å². The third-order valence-electron chi connectivity index (χ3n) is 6.34. The Morgan fingerprint density at radius 3 is 2.27 bits per heavy atom. The predicted molar refractivity (Wildman–Crippen MR) is 137 cm³/mol. The average molecular weight is 523 g/mol. The van der Waals surface area contributed by atoms with Gasteiger partial charge in [0, 0.05) is 29.7 Å². The molecule has 1 aromatic carbocycles. The van der Waals surface area contributed by atoms with Crippen molar-refractivity contribution in [1.82, 2.24) is 20.5 Å². The maximum atomic E-state index is 14.1. The van der Waals surface area contributed by atoms with E-state index >= 15 is 0 Å². The Labute approximate surface area is 213 Å². The van der Waals surface area contributed by atoms with Crippen LogP contribution in [0.1, 0.15) is 58.6 Å². The molecule has 1 aliphatic carbocycles. The molecule has 0 atom stereocenters. The number of fused-ring (bicyclic) bond motifs is 1. The van der Waals surface area contributed by atoms with Gasteiger partial charge in [-0.05, 0) is 68.4 Å². The van der Waals surface area contributed by atoms with Crippen molar-refractivity contribution in [1.29, 1.82) is 0 Å². The van der Waals surface area contributed by atoms with Crippen LogP contribution in [-0.4, -0.2) is 52.2 Å². The normalized spacial score (nSPS) is 18.6. The Morgan fingerprint density at radius 2 is 1.65 bits per heavy atom. The summed E-state index contributed by atoms with van der Waals surface area (Å²) in [6.45, 7) is 10.5. The van der Waals surface area contributed by atoms with Crippen molar-refractivity contribution in [2.24, 2.45) is 0 Å². The fraction of sp³-hybridized carbons (Fsp3) is 0.577. The number of halogens is 4. The van der Waals surface area contributed by atoms with Gasteiger partial charge in [0.05, 0.1) is 12.1 Å². The van der Waals surface area contributed by atoms with Crippen molar-refractivity contribution in [2.45, 2.75) is 83.7 Å². The second-order valence-corrected chi connectivity index (χ2v) is 11.5. The number of pyridine rings is 1. The van der Waals surface area contributed by atoms with Gasteiger partial charge in [0.1, 0.15) is 11.4 Å². The summed E-state index contributed by atoms with van der Waals surface area (Å²) in [5.74, 6) is 0.250. The zero-order valence-corrected chi connectivity index (χ0v) is 22.0. The summed E-state index contributed by atoms with van der Waals surface area (Å²) < 4.78 is 57.0. The minimum absolute atomic E-state index is 0.0435. The van der Waals surface area contributed by atoms with Gasteiger partial charge in [-0.3, -0.25) is 0 Å². The summed E-state index contributed by atoms with van der Waals surface area (Å²) in [4.78, 5) is 4.87. The quantitative estimate of drug-likeness (QED) is 0.306. The van der Waals surface area contributed by atoms with Gasteiger partial charge in [-0.25, -0.2) is 9.37 Å². The van der Waals surface area contributed by atoms with Crippen LogP contribution in [0.5, 0.6) is 0 Å². The molecule has 0 bridgehead atoms. The topological polar surface area (TPSA) is 87.9 Å². The maximum absolute atomic E-state index is 14.1. The molecule has 0 aliphatic heterocycles. The van der Waals surface area contributed by atoms with Crippen LogP contribution >= 0.6 is 0 Å². The molecular formula is C26H34F4N6O. The number of hydrogen-bond donors (Lipinski definition) is 3. The van der Waals surface area contributed by atoms with Gasteiger partial charge in [0.2, 0.25) is 0 Å². The molecule has 7 nitrogen and oxygen atoms in total. The minimum Gasteiger partial charge on any atom is -0.402 e. The standard InChI is InChI=1S/C26H34F4N6O/c1-14-7-20(22-35-36-23(37-22)33-17-8-15(9-17)32-13-26(28,29)30)34-21-18(14)10-16(31-12-25(5,6)27)11-19(21)24(2,3)4/h7,10-11,15,17,31-32H,8-9,12-13H2,1-6H3,(H,33,36). The number of hydrogen-bond acceptors (Lipinski definition) is 7. The number of nitrogens with one attached hydrogen (secondary N) is 3. The molecule has 0 radical (unpaired) electrons. The zero-order chi connectivity index (χ0) is 27.2. The van der Waals surface area contributed by atoms with E-state index in [1.165, 1.54) is 13.8 Å². The fourth-order valence-electron chi connectivity index (χ4n) is 4.31. The molecule has 11 heteroatoms. The highest BCUT2D eigenvalue weighted by molar-refractivity contribution is 5.90. The fourth-order valence-corrected chi connectivity index (χ4v) is 4.31. The van der Waals surface area contributed by atoms with E-state index in [0.29, 0.717) is 18.5 Å². The zero-order valence-electron chi connectivity index (χ0n) is 22.0. The molecule has 0 spiro atoms. The molecule has 2 aromatic heterocycles. The molecule has 0 saturated heterocycles. The third-order valence-corrected chi connectivity index (χ3v) is 6.34. The molecule has 1 fully saturated rings. The Bertz CT molecular complexity index is 1250. The molecule has 202 valence electrons. The molecule has 1 aliphatic rings.